The molecular formula is C29H42N4O4S. The third kappa shape index (κ3) is 7.35. The number of carbonyl (C=O) groups is 2. The van der Waals surface area contributed by atoms with Crippen LogP contribution in [0.4, 0.5) is 5.69 Å². The minimum atomic E-state index is -3.99. The normalized spacial score (nSPS) is 15.2. The van der Waals surface area contributed by atoms with E-state index in [1.807, 2.05) is 57.2 Å². The molecule has 2 aromatic carbocycles. The van der Waals surface area contributed by atoms with Gasteiger partial charge >= 0.3 is 10.2 Å². The zero-order valence-corrected chi connectivity index (χ0v) is 24.3. The van der Waals surface area contributed by atoms with Gasteiger partial charge in [0.1, 0.15) is 12.6 Å². The molecule has 1 N–H and O–H groups in total. The number of benzene rings is 2. The van der Waals surface area contributed by atoms with Crippen LogP contribution in [0.1, 0.15) is 61.3 Å². The smallest absolute Gasteiger partial charge is 0.304 e. The van der Waals surface area contributed by atoms with E-state index in [1.54, 1.807) is 13.0 Å². The molecule has 0 aromatic heterocycles. The highest BCUT2D eigenvalue weighted by Gasteiger charge is 2.34. The molecule has 1 aliphatic carbocycles. The summed E-state index contributed by atoms with van der Waals surface area (Å²) in [6, 6.07) is 12.6. The molecule has 3 rings (SSSR count). The molecule has 2 aromatic rings. The Bertz CT molecular complexity index is 1240. The van der Waals surface area contributed by atoms with Crippen molar-refractivity contribution < 1.29 is 18.0 Å². The molecule has 8 nitrogen and oxygen atoms in total. The first-order valence-electron chi connectivity index (χ1n) is 13.3. The maximum atomic E-state index is 13.9. The molecule has 0 radical (unpaired) electrons. The summed E-state index contributed by atoms with van der Waals surface area (Å²) in [5, 5.41) is 3.13. The van der Waals surface area contributed by atoms with Crippen LogP contribution in [0.15, 0.2) is 42.5 Å². The Kier molecular flexibility index (Phi) is 9.95. The van der Waals surface area contributed by atoms with E-state index in [4.69, 9.17) is 0 Å². The van der Waals surface area contributed by atoms with Gasteiger partial charge in [0.25, 0.3) is 0 Å². The molecule has 9 heteroatoms. The van der Waals surface area contributed by atoms with E-state index in [0.29, 0.717) is 5.69 Å². The quantitative estimate of drug-likeness (QED) is 0.490. The fraction of sp³-hybridized carbons (Fsp3) is 0.517. The molecule has 0 spiro atoms. The van der Waals surface area contributed by atoms with Crippen molar-refractivity contribution in [3.63, 3.8) is 0 Å². The number of nitrogens with zero attached hydrogens (tertiary/aromatic N) is 3. The lowest BCUT2D eigenvalue weighted by Crippen LogP contribution is -2.53. The Morgan fingerprint density at radius 1 is 0.974 bits per heavy atom. The summed E-state index contributed by atoms with van der Waals surface area (Å²) in [5.41, 5.74) is 3.99. The van der Waals surface area contributed by atoms with Gasteiger partial charge in [0.2, 0.25) is 11.8 Å². The van der Waals surface area contributed by atoms with Gasteiger partial charge in [0, 0.05) is 26.7 Å². The molecule has 0 unspecified atom stereocenters. The van der Waals surface area contributed by atoms with Gasteiger partial charge in [-0.2, -0.15) is 12.7 Å². The third-order valence-corrected chi connectivity index (χ3v) is 9.01. The predicted molar refractivity (Wildman–Crippen MR) is 152 cm³/mol. The molecule has 0 aliphatic heterocycles. The van der Waals surface area contributed by atoms with Crippen molar-refractivity contribution in [2.45, 2.75) is 78.4 Å². The molecule has 1 aliphatic rings. The first-order valence-corrected chi connectivity index (χ1v) is 14.7. The van der Waals surface area contributed by atoms with Crippen molar-refractivity contribution in [3.8, 4) is 0 Å². The fourth-order valence-corrected chi connectivity index (χ4v) is 5.96. The summed E-state index contributed by atoms with van der Waals surface area (Å²) in [6.45, 7) is 7.17. The molecule has 1 saturated carbocycles. The Balaban J connectivity index is 1.95. The number of anilines is 1. The van der Waals surface area contributed by atoms with Gasteiger partial charge in [-0.1, -0.05) is 61.2 Å². The van der Waals surface area contributed by atoms with Gasteiger partial charge in [-0.25, -0.2) is 4.31 Å². The van der Waals surface area contributed by atoms with E-state index in [9.17, 15) is 18.0 Å². The topological polar surface area (TPSA) is 90.0 Å². The van der Waals surface area contributed by atoms with Crippen LogP contribution in [0.5, 0.6) is 0 Å². The van der Waals surface area contributed by atoms with Gasteiger partial charge in [-0.3, -0.25) is 9.59 Å². The minimum absolute atomic E-state index is 0.107. The van der Waals surface area contributed by atoms with Crippen molar-refractivity contribution in [1.82, 2.24) is 14.5 Å². The van der Waals surface area contributed by atoms with Gasteiger partial charge in [0.05, 0.1) is 5.69 Å². The Morgan fingerprint density at radius 3 is 2.26 bits per heavy atom. The molecule has 208 valence electrons. The number of hydrogen-bond donors (Lipinski definition) is 1. The highest BCUT2D eigenvalue weighted by molar-refractivity contribution is 7.90. The summed E-state index contributed by atoms with van der Waals surface area (Å²) < 4.78 is 29.1. The van der Waals surface area contributed by atoms with Gasteiger partial charge in [-0.15, -0.1) is 0 Å². The molecule has 1 atom stereocenters. The monoisotopic (exact) mass is 542 g/mol. The summed E-state index contributed by atoms with van der Waals surface area (Å²) in [6.07, 6.45) is 5.21. The maximum absolute atomic E-state index is 13.9. The number of carbonyl (C=O) groups excluding carboxylic acids is 2. The molecule has 0 bridgehead atoms. The van der Waals surface area contributed by atoms with E-state index >= 15 is 0 Å². The average Bonchev–Trinajstić information content (AvgIpc) is 2.87. The first kappa shape index (κ1) is 29.6. The summed E-state index contributed by atoms with van der Waals surface area (Å²) in [5.74, 6) is -0.657. The number of hydrogen-bond acceptors (Lipinski definition) is 4. The maximum Gasteiger partial charge on any atom is 0.304 e. The second-order valence-electron chi connectivity index (χ2n) is 10.6. The van der Waals surface area contributed by atoms with Crippen LogP contribution in [0.3, 0.4) is 0 Å². The molecule has 0 saturated heterocycles. The summed E-state index contributed by atoms with van der Waals surface area (Å²) >= 11 is 0. The van der Waals surface area contributed by atoms with Crippen molar-refractivity contribution >= 4 is 27.7 Å². The number of amides is 2. The van der Waals surface area contributed by atoms with Crippen LogP contribution in [0.25, 0.3) is 0 Å². The summed E-state index contributed by atoms with van der Waals surface area (Å²) in [7, 11) is -1.10. The standard InChI is InChI=1S/C29H42N4O4S/c1-21-11-10-12-25(17-21)19-32(24(4)29(35)30-26-13-8-7-9-14-26)28(34)20-33(38(36,37)31(5)6)27-18-22(2)15-16-23(27)3/h10-12,15-18,24,26H,7-9,13-14,19-20H2,1-6H3,(H,30,35)/t24-/m1/s1. The lowest BCUT2D eigenvalue weighted by atomic mass is 9.95. The highest BCUT2D eigenvalue weighted by atomic mass is 32.2. The van der Waals surface area contributed by atoms with Crippen LogP contribution in [0.2, 0.25) is 0 Å². The van der Waals surface area contributed by atoms with E-state index in [-0.39, 0.29) is 18.5 Å². The largest absolute Gasteiger partial charge is 0.352 e. The molecule has 2 amide bonds. The van der Waals surface area contributed by atoms with E-state index < -0.39 is 28.7 Å². The van der Waals surface area contributed by atoms with Crippen molar-refractivity contribution in [2.24, 2.45) is 0 Å². The van der Waals surface area contributed by atoms with Crippen LogP contribution < -0.4 is 9.62 Å². The molecule has 38 heavy (non-hydrogen) atoms. The molecule has 0 heterocycles. The zero-order valence-electron chi connectivity index (χ0n) is 23.5. The second kappa shape index (κ2) is 12.8. The van der Waals surface area contributed by atoms with Crippen LogP contribution in [-0.2, 0) is 26.3 Å². The van der Waals surface area contributed by atoms with Gasteiger partial charge in [0.15, 0.2) is 0 Å². The third-order valence-electron chi connectivity index (χ3n) is 7.21. The zero-order chi connectivity index (χ0) is 28.0. The number of nitrogens with one attached hydrogen (secondary N) is 1. The average molecular weight is 543 g/mol. The van der Waals surface area contributed by atoms with Crippen LogP contribution >= 0.6 is 0 Å². The Morgan fingerprint density at radius 2 is 1.63 bits per heavy atom. The first-order chi connectivity index (χ1) is 17.9. The molecular weight excluding hydrogens is 500 g/mol. The van der Waals surface area contributed by atoms with Gasteiger partial charge < -0.3 is 10.2 Å². The SMILES string of the molecule is Cc1cccc(CN(C(=O)CN(c2cc(C)ccc2C)S(=O)(=O)N(C)C)[C@H](C)C(=O)NC2CCCCC2)c1. The Labute approximate surface area is 228 Å². The number of rotatable bonds is 10. The van der Waals surface area contributed by atoms with Crippen molar-refractivity contribution in [3.05, 3.63) is 64.7 Å². The fourth-order valence-electron chi connectivity index (χ4n) is 4.85. The van der Waals surface area contributed by atoms with Gasteiger partial charge in [-0.05, 0) is 63.3 Å². The second-order valence-corrected chi connectivity index (χ2v) is 12.7. The summed E-state index contributed by atoms with van der Waals surface area (Å²) in [4.78, 5) is 28.8. The van der Waals surface area contributed by atoms with Crippen LogP contribution in [0, 0.1) is 20.8 Å². The lowest BCUT2D eigenvalue weighted by molar-refractivity contribution is -0.139. The van der Waals surface area contributed by atoms with Crippen molar-refractivity contribution in [1.29, 1.82) is 0 Å². The predicted octanol–water partition coefficient (Wildman–Crippen LogP) is 4.09. The highest BCUT2D eigenvalue weighted by Crippen LogP contribution is 2.26. The van der Waals surface area contributed by atoms with E-state index in [1.165, 1.54) is 25.4 Å². The minimum Gasteiger partial charge on any atom is -0.352 e. The lowest BCUT2D eigenvalue weighted by Gasteiger charge is -2.34. The molecule has 1 fully saturated rings. The Hall–Kier alpha value is -2.91. The van der Waals surface area contributed by atoms with E-state index in [2.05, 4.69) is 5.32 Å². The van der Waals surface area contributed by atoms with Crippen LogP contribution in [-0.4, -0.2) is 62.2 Å². The van der Waals surface area contributed by atoms with Crippen molar-refractivity contribution in [2.75, 3.05) is 24.9 Å². The van der Waals surface area contributed by atoms with E-state index in [0.717, 1.165) is 56.5 Å². The number of aryl methyl sites for hydroxylation is 3.